The van der Waals surface area contributed by atoms with Crippen molar-refractivity contribution >= 4 is 0 Å². The molecule has 0 aliphatic heterocycles. The van der Waals surface area contributed by atoms with Gasteiger partial charge >= 0.3 is 0 Å². The predicted octanol–water partition coefficient (Wildman–Crippen LogP) is 9.71. The maximum absolute atomic E-state index is 2.36. The highest BCUT2D eigenvalue weighted by molar-refractivity contribution is 5.11. The second-order valence-electron chi connectivity index (χ2n) is 8.10. The van der Waals surface area contributed by atoms with Crippen molar-refractivity contribution in [3.8, 4) is 0 Å². The molecule has 0 heterocycles. The number of rotatable bonds is 0. The predicted molar refractivity (Wildman–Crippen MR) is 123 cm³/mol. The number of benzene rings is 1. The van der Waals surface area contributed by atoms with Crippen molar-refractivity contribution in [1.82, 2.24) is 0 Å². The van der Waals surface area contributed by atoms with Gasteiger partial charge in [0.1, 0.15) is 0 Å². The van der Waals surface area contributed by atoms with Crippen molar-refractivity contribution < 1.29 is 0 Å². The van der Waals surface area contributed by atoms with E-state index in [1.54, 1.807) is 0 Å². The molecule has 0 atom stereocenters. The first-order chi connectivity index (χ1) is 11.2. The molecule has 1 saturated carbocycles. The third kappa shape index (κ3) is 45.1. The molecule has 1 fully saturated rings. The van der Waals surface area contributed by atoms with Gasteiger partial charge in [-0.15, -0.1) is 0 Å². The van der Waals surface area contributed by atoms with E-state index >= 15 is 0 Å². The van der Waals surface area contributed by atoms with Gasteiger partial charge in [-0.05, 0) is 18.3 Å². The van der Waals surface area contributed by atoms with E-state index in [0.29, 0.717) is 5.41 Å². The smallest absolute Gasteiger partial charge is 0.0398 e. The Morgan fingerprint density at radius 2 is 1.16 bits per heavy atom. The number of hydrogen-bond acceptors (Lipinski definition) is 0. The zero-order valence-corrected chi connectivity index (χ0v) is 18.7. The number of hydrogen-bond donors (Lipinski definition) is 0. The Morgan fingerprint density at radius 3 is 1.32 bits per heavy atom. The Bertz CT molecular complexity index is 293. The van der Waals surface area contributed by atoms with Gasteiger partial charge in [0.25, 0.3) is 0 Å². The molecule has 2 rings (SSSR count). The second-order valence-corrected chi connectivity index (χ2v) is 8.10. The summed E-state index contributed by atoms with van der Waals surface area (Å²) in [5, 5.41) is 0. The highest BCUT2D eigenvalue weighted by atomic mass is 14.1. The van der Waals surface area contributed by atoms with Gasteiger partial charge in [-0.25, -0.2) is 0 Å². The van der Waals surface area contributed by atoms with Crippen LogP contribution in [0.5, 0.6) is 0 Å². The fraction of sp³-hybridized carbons (Fsp3) is 0.760. The zero-order valence-electron chi connectivity index (χ0n) is 18.7. The molecule has 1 aromatic rings. The summed E-state index contributed by atoms with van der Waals surface area (Å²) in [4.78, 5) is 0. The molecule has 0 spiro atoms. The zero-order chi connectivity index (χ0) is 19.4. The Balaban J connectivity index is -0.000000117. The molecule has 0 nitrogen and oxygen atoms in total. The topological polar surface area (TPSA) is 0 Å². The summed E-state index contributed by atoms with van der Waals surface area (Å²) in [5.74, 6) is 1.04. The molecule has 0 amide bonds. The molecule has 1 aliphatic rings. The van der Waals surface area contributed by atoms with Crippen LogP contribution in [-0.2, 0) is 0 Å². The van der Waals surface area contributed by atoms with Crippen molar-refractivity contribution in [3.63, 3.8) is 0 Å². The first-order valence-corrected chi connectivity index (χ1v) is 10.2. The lowest BCUT2D eigenvalue weighted by Crippen LogP contribution is -1.99. The fourth-order valence-corrected chi connectivity index (χ4v) is 1.84. The highest BCUT2D eigenvalue weighted by Crippen LogP contribution is 2.22. The van der Waals surface area contributed by atoms with E-state index in [1.807, 2.05) is 32.0 Å². The quantitative estimate of drug-likeness (QED) is 0.436. The van der Waals surface area contributed by atoms with Gasteiger partial charge < -0.3 is 0 Å². The van der Waals surface area contributed by atoms with Crippen LogP contribution in [0.1, 0.15) is 114 Å². The van der Waals surface area contributed by atoms with Crippen LogP contribution in [0.4, 0.5) is 0 Å². The Kier molecular flexibility index (Phi) is 29.7. The van der Waals surface area contributed by atoms with Crippen LogP contribution in [0.25, 0.3) is 0 Å². The van der Waals surface area contributed by atoms with Crippen molar-refractivity contribution in [1.29, 1.82) is 0 Å². The summed E-state index contributed by atoms with van der Waals surface area (Å²) < 4.78 is 0. The average molecular weight is 353 g/mol. The molecule has 0 unspecified atom stereocenters. The minimum absolute atomic E-state index is 0. The first kappa shape index (κ1) is 31.9. The van der Waals surface area contributed by atoms with E-state index in [-0.39, 0.29) is 7.43 Å². The van der Waals surface area contributed by atoms with E-state index in [1.165, 1.54) is 44.1 Å². The highest BCUT2D eigenvalue weighted by Gasteiger charge is 2.05. The largest absolute Gasteiger partial charge is 0.0776 e. The summed E-state index contributed by atoms with van der Waals surface area (Å²) in [6.45, 7) is 21.4. The van der Waals surface area contributed by atoms with Crippen molar-refractivity contribution in [2.24, 2.45) is 11.3 Å². The molecule has 1 aromatic carbocycles. The molecule has 0 saturated heterocycles. The lowest BCUT2D eigenvalue weighted by atomic mass is 9.91. The normalized spacial score (nSPS) is 12.9. The summed E-state index contributed by atoms with van der Waals surface area (Å²) in [6, 6.07) is 10.3. The monoisotopic (exact) mass is 352 g/mol. The summed E-state index contributed by atoms with van der Waals surface area (Å²) >= 11 is 0. The lowest BCUT2D eigenvalue weighted by molar-refractivity contribution is 0.385. The van der Waals surface area contributed by atoms with Crippen LogP contribution in [0, 0.1) is 18.3 Å². The van der Waals surface area contributed by atoms with Crippen molar-refractivity contribution in [3.05, 3.63) is 35.9 Å². The van der Waals surface area contributed by atoms with Crippen LogP contribution in [0.15, 0.2) is 30.3 Å². The third-order valence-corrected chi connectivity index (χ3v) is 2.83. The Labute approximate surface area is 162 Å². The minimum atomic E-state index is 0. The maximum Gasteiger partial charge on any atom is -0.0398 e. The van der Waals surface area contributed by atoms with Gasteiger partial charge in [-0.3, -0.25) is 0 Å². The van der Waals surface area contributed by atoms with E-state index < -0.39 is 0 Å². The standard InChI is InChI=1S/C7H14.C7H8.C5H12.C3H8.C2H6.CH4/c2*1-7-5-3-2-4-6-7;1-5(2,3)4;1-3-2;1-2;/h7H,2-6H2,1H3;2-6H,1H3;1-4H3;3H2,1-2H3;1-2H3;1H4. The summed E-state index contributed by atoms with van der Waals surface area (Å²) in [6.07, 6.45) is 8.69. The summed E-state index contributed by atoms with van der Waals surface area (Å²) in [7, 11) is 0. The van der Waals surface area contributed by atoms with Crippen LogP contribution in [0.3, 0.4) is 0 Å². The van der Waals surface area contributed by atoms with Gasteiger partial charge in [-0.2, -0.15) is 0 Å². The Hall–Kier alpha value is -0.780. The van der Waals surface area contributed by atoms with Gasteiger partial charge in [0.2, 0.25) is 0 Å². The molecular formula is C25H52. The van der Waals surface area contributed by atoms with E-state index in [0.717, 1.165) is 5.92 Å². The SMILES string of the molecule is C.CC.CC(C)(C)C.CC1CCCCC1.CCC.Cc1ccccc1. The molecule has 25 heavy (non-hydrogen) atoms. The molecule has 152 valence electrons. The maximum atomic E-state index is 2.36. The second kappa shape index (κ2) is 23.2. The average Bonchev–Trinajstić information content (AvgIpc) is 2.51. The number of aryl methyl sites for hydroxylation is 1. The first-order valence-electron chi connectivity index (χ1n) is 10.2. The van der Waals surface area contributed by atoms with Gasteiger partial charge in [0, 0.05) is 0 Å². The van der Waals surface area contributed by atoms with Gasteiger partial charge in [0.05, 0.1) is 0 Å². The molecular weight excluding hydrogens is 300 g/mol. The molecule has 1 aliphatic carbocycles. The molecule has 0 radical (unpaired) electrons. The van der Waals surface area contributed by atoms with Crippen LogP contribution < -0.4 is 0 Å². The molecule has 0 aromatic heterocycles. The van der Waals surface area contributed by atoms with Crippen LogP contribution >= 0.6 is 0 Å². The minimum Gasteiger partial charge on any atom is -0.0776 e. The van der Waals surface area contributed by atoms with Gasteiger partial charge in [-0.1, -0.05) is 144 Å². The van der Waals surface area contributed by atoms with Gasteiger partial charge in [0.15, 0.2) is 0 Å². The Morgan fingerprint density at radius 1 is 0.840 bits per heavy atom. The van der Waals surface area contributed by atoms with E-state index in [4.69, 9.17) is 0 Å². The molecule has 0 bridgehead atoms. The van der Waals surface area contributed by atoms with Crippen molar-refractivity contribution in [2.75, 3.05) is 0 Å². The van der Waals surface area contributed by atoms with Crippen LogP contribution in [0.2, 0.25) is 0 Å². The lowest BCUT2D eigenvalue weighted by Gasteiger charge is -2.15. The molecule has 0 heteroatoms. The summed E-state index contributed by atoms with van der Waals surface area (Å²) in [5.41, 5.74) is 1.82. The van der Waals surface area contributed by atoms with Crippen molar-refractivity contribution in [2.45, 2.75) is 115 Å². The van der Waals surface area contributed by atoms with E-state index in [2.05, 4.69) is 67.5 Å². The fourth-order valence-electron chi connectivity index (χ4n) is 1.84. The molecule has 0 N–H and O–H groups in total. The van der Waals surface area contributed by atoms with Crippen LogP contribution in [-0.4, -0.2) is 0 Å². The third-order valence-electron chi connectivity index (χ3n) is 2.83. The van der Waals surface area contributed by atoms with E-state index in [9.17, 15) is 0 Å².